The van der Waals surface area contributed by atoms with Gasteiger partial charge in [0.05, 0.1) is 11.1 Å². The molecule has 2 aliphatic heterocycles. The number of nitriles is 2. The number of nitrogens with zero attached hydrogens (tertiary/aromatic N) is 4. The van der Waals surface area contributed by atoms with Gasteiger partial charge in [-0.15, -0.1) is 0 Å². The topological polar surface area (TPSA) is 226 Å². The standard InChI is InChI=1S/C13H20O2.C12H18O2.C9H12N2O3.C9H12O4.C6H6N2/c1-7(2)10-11(14)8(3)13(5,6)9(4)12(10)15;1-7(2)8-9(13)11(3,4)12(5,6)10(8)14;1-5(2)6-7(12)10(3)9(14)11(4)8(6)13;1-5(2)6-7(10)12-9(3,4)13-8(6)11;1-5(2)6(3-7)4-8/h8-9H,1-6H3;1-6H3;1-4H3;1-4H3;1-2H3. The average molecular weight is 889 g/mol. The van der Waals surface area contributed by atoms with Crippen LogP contribution >= 0.6 is 0 Å². The minimum atomic E-state index is -1.15. The van der Waals surface area contributed by atoms with Gasteiger partial charge in [-0.05, 0) is 80.2 Å². The lowest BCUT2D eigenvalue weighted by Crippen LogP contribution is -2.53. The summed E-state index contributed by atoms with van der Waals surface area (Å²) >= 11 is 0. The first-order valence-electron chi connectivity index (χ1n) is 20.7. The van der Waals surface area contributed by atoms with Crippen molar-refractivity contribution in [3.8, 4) is 12.1 Å². The van der Waals surface area contributed by atoms with Crippen LogP contribution in [0.5, 0.6) is 0 Å². The van der Waals surface area contributed by atoms with Crippen LogP contribution < -0.4 is 0 Å². The Hall–Kier alpha value is -6.09. The fourth-order valence-electron chi connectivity index (χ4n) is 6.41. The van der Waals surface area contributed by atoms with Crippen molar-refractivity contribution in [2.24, 2.45) is 28.1 Å². The Morgan fingerprint density at radius 2 is 0.797 bits per heavy atom. The quantitative estimate of drug-likeness (QED) is 0.0968. The molecule has 15 nitrogen and oxygen atoms in total. The van der Waals surface area contributed by atoms with Crippen molar-refractivity contribution in [2.45, 2.75) is 144 Å². The van der Waals surface area contributed by atoms with E-state index in [2.05, 4.69) is 0 Å². The number of imide groups is 2. The van der Waals surface area contributed by atoms with Crippen molar-refractivity contribution < 1.29 is 52.6 Å². The first kappa shape index (κ1) is 57.9. The normalized spacial score (nSPS) is 21.5. The maximum absolute atomic E-state index is 12.1. The van der Waals surface area contributed by atoms with Gasteiger partial charge in [-0.3, -0.25) is 38.6 Å². The largest absolute Gasteiger partial charge is 0.419 e. The van der Waals surface area contributed by atoms with E-state index in [1.807, 2.05) is 83.1 Å². The van der Waals surface area contributed by atoms with Gasteiger partial charge in [0.1, 0.15) is 28.9 Å². The number of Topliss-reactive ketones (excluding diaryl/α,β-unsaturated/α-hetero) is 4. The molecule has 0 aromatic heterocycles. The van der Waals surface area contributed by atoms with E-state index >= 15 is 0 Å². The molecule has 0 aromatic carbocycles. The smallest absolute Gasteiger partial charge is 0.348 e. The summed E-state index contributed by atoms with van der Waals surface area (Å²) in [6, 6.07) is 2.95. The molecule has 2 unspecified atom stereocenters. The average Bonchev–Trinajstić information content (AvgIpc) is 3.26. The Morgan fingerprint density at radius 3 is 1.02 bits per heavy atom. The van der Waals surface area contributed by atoms with Crippen LogP contribution in [0.1, 0.15) is 138 Å². The summed E-state index contributed by atoms with van der Waals surface area (Å²) in [4.78, 5) is 107. The number of amides is 4. The number of carbonyl (C=O) groups is 9. The highest BCUT2D eigenvalue weighted by Crippen LogP contribution is 2.50. The zero-order valence-electron chi connectivity index (χ0n) is 41.9. The molecular formula is C49H68N4O11. The second kappa shape index (κ2) is 21.5. The third-order valence-electron chi connectivity index (χ3n) is 12.1. The number of esters is 2. The minimum Gasteiger partial charge on any atom is -0.419 e. The molecule has 0 N–H and O–H groups in total. The molecule has 64 heavy (non-hydrogen) atoms. The highest BCUT2D eigenvalue weighted by molar-refractivity contribution is 6.30. The molecule has 4 aliphatic rings. The van der Waals surface area contributed by atoms with Crippen molar-refractivity contribution in [1.82, 2.24) is 9.80 Å². The van der Waals surface area contributed by atoms with Crippen LogP contribution in [0, 0.1) is 50.7 Å². The third kappa shape index (κ3) is 12.3. The van der Waals surface area contributed by atoms with Gasteiger partial charge in [0.2, 0.25) is 0 Å². The Kier molecular flexibility index (Phi) is 19.5. The second-order valence-electron chi connectivity index (χ2n) is 19.2. The van der Waals surface area contributed by atoms with E-state index in [0.29, 0.717) is 22.3 Å². The second-order valence-corrected chi connectivity index (χ2v) is 19.2. The van der Waals surface area contributed by atoms with Crippen LogP contribution in [-0.4, -0.2) is 82.6 Å². The Labute approximate surface area is 379 Å². The highest BCUT2D eigenvalue weighted by Gasteiger charge is 2.57. The summed E-state index contributed by atoms with van der Waals surface area (Å²) in [6.07, 6.45) is 0. The summed E-state index contributed by atoms with van der Waals surface area (Å²) in [7, 11) is 2.72. The maximum Gasteiger partial charge on any atom is 0.348 e. The number of urea groups is 1. The van der Waals surface area contributed by atoms with E-state index in [9.17, 15) is 43.2 Å². The van der Waals surface area contributed by atoms with Gasteiger partial charge in [-0.1, -0.05) is 77.7 Å². The van der Waals surface area contributed by atoms with Gasteiger partial charge >= 0.3 is 18.0 Å². The molecule has 0 spiro atoms. The molecule has 2 heterocycles. The monoisotopic (exact) mass is 888 g/mol. The molecule has 350 valence electrons. The molecule has 2 saturated carbocycles. The van der Waals surface area contributed by atoms with Crippen LogP contribution in [-0.2, 0) is 47.8 Å². The van der Waals surface area contributed by atoms with Crippen molar-refractivity contribution in [3.05, 3.63) is 55.7 Å². The van der Waals surface area contributed by atoms with E-state index < -0.39 is 46.4 Å². The summed E-state index contributed by atoms with van der Waals surface area (Å²) in [6.45, 7) is 35.7. The van der Waals surface area contributed by atoms with Crippen LogP contribution in [0.15, 0.2) is 55.7 Å². The number of ketones is 4. The van der Waals surface area contributed by atoms with Crippen molar-refractivity contribution in [3.63, 3.8) is 0 Å². The molecule has 0 bridgehead atoms. The summed E-state index contributed by atoms with van der Waals surface area (Å²) in [5.74, 6) is -3.55. The Balaban J connectivity index is 0.000000785. The van der Waals surface area contributed by atoms with E-state index in [1.165, 1.54) is 27.9 Å². The molecule has 2 aliphatic carbocycles. The molecule has 4 amide bonds. The summed E-state index contributed by atoms with van der Waals surface area (Å²) in [5, 5.41) is 16.3. The number of hydrogen-bond acceptors (Lipinski definition) is 13. The SMILES string of the molecule is CC(C)=C(C#N)C#N.CC(C)=C1C(=O)C(C)(C)C(C)(C)C1=O.CC(C)=C1C(=O)C(C)C(C)(C)C(C)C1=O.CC(C)=C1C(=O)N(C)C(=O)N(C)C1=O.CC(C)=C1C(=O)OC(C)(C)OC1=O. The maximum atomic E-state index is 12.1. The first-order valence-corrected chi connectivity index (χ1v) is 20.7. The number of rotatable bonds is 0. The third-order valence-corrected chi connectivity index (χ3v) is 12.1. The number of hydrogen-bond donors (Lipinski definition) is 0. The number of ether oxygens (including phenoxy) is 2. The molecule has 4 rings (SSSR count). The highest BCUT2D eigenvalue weighted by atomic mass is 16.7. The van der Waals surface area contributed by atoms with Gasteiger partial charge in [-0.2, -0.15) is 10.5 Å². The van der Waals surface area contributed by atoms with Crippen molar-refractivity contribution in [2.75, 3.05) is 14.1 Å². The van der Waals surface area contributed by atoms with Gasteiger partial charge in [0, 0.05) is 50.6 Å². The Bertz CT molecular complexity index is 2140. The number of cyclic esters (lactones) is 2. The summed E-state index contributed by atoms with van der Waals surface area (Å²) < 4.78 is 9.76. The van der Waals surface area contributed by atoms with Crippen molar-refractivity contribution >= 4 is 52.9 Å². The molecular weight excluding hydrogens is 821 g/mol. The molecule has 2 atom stereocenters. The fraction of sp³-hybridized carbons (Fsp3) is 0.571. The minimum absolute atomic E-state index is 0.000625. The van der Waals surface area contributed by atoms with Gasteiger partial charge in [0.15, 0.2) is 23.1 Å². The lowest BCUT2D eigenvalue weighted by Gasteiger charge is -2.41. The Morgan fingerprint density at radius 1 is 0.500 bits per heavy atom. The number of likely N-dealkylation sites (N-methyl/N-ethyl adjacent to an activating group) is 2. The predicted octanol–water partition coefficient (Wildman–Crippen LogP) is 8.20. The van der Waals surface area contributed by atoms with E-state index in [4.69, 9.17) is 20.0 Å². The molecule has 0 aromatic rings. The van der Waals surface area contributed by atoms with Gasteiger partial charge < -0.3 is 9.47 Å². The lowest BCUT2D eigenvalue weighted by molar-refractivity contribution is -0.222. The number of allylic oxidation sites excluding steroid dienone is 8. The van der Waals surface area contributed by atoms with Crippen LogP contribution in [0.4, 0.5) is 4.79 Å². The van der Waals surface area contributed by atoms with Crippen LogP contribution in [0.3, 0.4) is 0 Å². The van der Waals surface area contributed by atoms with Crippen LogP contribution in [0.2, 0.25) is 0 Å². The fourth-order valence-corrected chi connectivity index (χ4v) is 6.41. The zero-order chi connectivity index (χ0) is 51.1. The zero-order valence-corrected chi connectivity index (χ0v) is 41.9. The van der Waals surface area contributed by atoms with Gasteiger partial charge in [0.25, 0.3) is 17.6 Å². The lowest BCUT2D eigenvalue weighted by atomic mass is 9.60. The molecule has 2 saturated heterocycles. The number of barbiturate groups is 1. The molecule has 0 radical (unpaired) electrons. The first-order chi connectivity index (χ1) is 28.8. The van der Waals surface area contributed by atoms with Gasteiger partial charge in [-0.25, -0.2) is 14.4 Å². The molecule has 15 heteroatoms. The van der Waals surface area contributed by atoms with E-state index in [-0.39, 0.29) is 57.1 Å². The number of carbonyl (C=O) groups excluding carboxylic acids is 9. The molecule has 4 fully saturated rings. The van der Waals surface area contributed by atoms with E-state index in [0.717, 1.165) is 26.5 Å². The summed E-state index contributed by atoms with van der Waals surface area (Å²) in [5.41, 5.74) is 3.44. The van der Waals surface area contributed by atoms with Crippen LogP contribution in [0.25, 0.3) is 0 Å². The predicted molar refractivity (Wildman–Crippen MR) is 240 cm³/mol. The van der Waals surface area contributed by atoms with E-state index in [1.54, 1.807) is 53.7 Å². The van der Waals surface area contributed by atoms with Crippen molar-refractivity contribution in [1.29, 1.82) is 10.5 Å².